The van der Waals surface area contributed by atoms with Crippen molar-refractivity contribution in [2.45, 2.75) is 63.1 Å². The molecular weight excluding hydrogens is 180 g/mol. The summed E-state index contributed by atoms with van der Waals surface area (Å²) in [6.07, 6.45) is 4.85. The molecular formula is C11H22O3. The van der Waals surface area contributed by atoms with Gasteiger partial charge in [0, 0.05) is 13.0 Å². The number of hydrogen-bond acceptors (Lipinski definition) is 3. The molecule has 0 saturated heterocycles. The van der Waals surface area contributed by atoms with E-state index in [1.54, 1.807) is 0 Å². The predicted molar refractivity (Wildman–Crippen MR) is 55.0 cm³/mol. The van der Waals surface area contributed by atoms with Crippen molar-refractivity contribution in [2.24, 2.45) is 0 Å². The quantitative estimate of drug-likeness (QED) is 0.642. The van der Waals surface area contributed by atoms with Gasteiger partial charge >= 0.3 is 0 Å². The van der Waals surface area contributed by atoms with E-state index < -0.39 is 11.2 Å². The van der Waals surface area contributed by atoms with Crippen molar-refractivity contribution in [2.75, 3.05) is 6.61 Å². The Morgan fingerprint density at radius 2 is 1.64 bits per heavy atom. The smallest absolute Gasteiger partial charge is 0.0697 e. The molecule has 0 aromatic carbocycles. The lowest BCUT2D eigenvalue weighted by molar-refractivity contribution is -0.112. The van der Waals surface area contributed by atoms with E-state index in [0.29, 0.717) is 19.3 Å². The normalized spacial score (nSPS) is 38.6. The van der Waals surface area contributed by atoms with Gasteiger partial charge in [0.05, 0.1) is 11.2 Å². The van der Waals surface area contributed by atoms with Crippen LogP contribution >= 0.6 is 0 Å². The van der Waals surface area contributed by atoms with Crippen molar-refractivity contribution in [3.8, 4) is 0 Å². The maximum Gasteiger partial charge on any atom is 0.0697 e. The lowest BCUT2D eigenvalue weighted by atomic mass is 9.72. The van der Waals surface area contributed by atoms with Gasteiger partial charge in [0.15, 0.2) is 0 Å². The van der Waals surface area contributed by atoms with Crippen molar-refractivity contribution in [3.05, 3.63) is 0 Å². The summed E-state index contributed by atoms with van der Waals surface area (Å²) in [6.45, 7) is 2.04. The summed E-state index contributed by atoms with van der Waals surface area (Å²) in [6, 6.07) is 0. The third-order valence-electron chi connectivity index (χ3n) is 3.23. The Morgan fingerprint density at radius 1 is 1.07 bits per heavy atom. The van der Waals surface area contributed by atoms with Gasteiger partial charge in [0.25, 0.3) is 0 Å². The number of hydrogen-bond donors (Lipinski definition) is 3. The summed E-state index contributed by atoms with van der Waals surface area (Å²) in [5.74, 6) is 0. The van der Waals surface area contributed by atoms with Gasteiger partial charge in [-0.2, -0.15) is 0 Å². The highest BCUT2D eigenvalue weighted by Gasteiger charge is 2.41. The predicted octanol–water partition coefficient (Wildman–Crippen LogP) is 1.21. The van der Waals surface area contributed by atoms with Gasteiger partial charge in [0.1, 0.15) is 0 Å². The van der Waals surface area contributed by atoms with Crippen molar-refractivity contribution in [1.29, 1.82) is 0 Å². The first kappa shape index (κ1) is 12.0. The van der Waals surface area contributed by atoms with Crippen LogP contribution in [0.1, 0.15) is 51.9 Å². The Hall–Kier alpha value is -0.120. The fourth-order valence-corrected chi connectivity index (χ4v) is 2.64. The van der Waals surface area contributed by atoms with Gasteiger partial charge in [-0.3, -0.25) is 0 Å². The highest BCUT2D eigenvalue weighted by atomic mass is 16.3. The molecule has 2 unspecified atom stereocenters. The Balaban J connectivity index is 2.58. The van der Waals surface area contributed by atoms with E-state index in [2.05, 4.69) is 0 Å². The van der Waals surface area contributed by atoms with Crippen molar-refractivity contribution in [3.63, 3.8) is 0 Å². The molecule has 1 aliphatic carbocycles. The van der Waals surface area contributed by atoms with Gasteiger partial charge in [0.2, 0.25) is 0 Å². The van der Waals surface area contributed by atoms with Crippen LogP contribution in [0.2, 0.25) is 0 Å². The Morgan fingerprint density at radius 3 is 2.14 bits per heavy atom. The lowest BCUT2D eigenvalue weighted by Crippen LogP contribution is -2.46. The molecule has 0 spiro atoms. The second kappa shape index (κ2) is 4.60. The van der Waals surface area contributed by atoms with Gasteiger partial charge in [-0.15, -0.1) is 0 Å². The Labute approximate surface area is 85.8 Å². The lowest BCUT2D eigenvalue weighted by Gasteiger charge is -2.42. The number of aliphatic hydroxyl groups excluding tert-OH is 1. The molecule has 1 fully saturated rings. The highest BCUT2D eigenvalue weighted by Crippen LogP contribution is 2.39. The molecule has 84 valence electrons. The minimum absolute atomic E-state index is 0.00128. The van der Waals surface area contributed by atoms with Crippen LogP contribution in [-0.4, -0.2) is 33.1 Å². The number of rotatable bonds is 4. The molecule has 14 heavy (non-hydrogen) atoms. The van der Waals surface area contributed by atoms with Crippen molar-refractivity contribution >= 4 is 0 Å². The second-order valence-electron chi connectivity index (χ2n) is 4.70. The first-order valence-electron chi connectivity index (χ1n) is 5.59. The van der Waals surface area contributed by atoms with Crippen LogP contribution in [0.5, 0.6) is 0 Å². The van der Waals surface area contributed by atoms with E-state index >= 15 is 0 Å². The maximum absolute atomic E-state index is 10.2. The second-order valence-corrected chi connectivity index (χ2v) is 4.70. The minimum atomic E-state index is -0.836. The summed E-state index contributed by atoms with van der Waals surface area (Å²) in [4.78, 5) is 0. The van der Waals surface area contributed by atoms with E-state index in [-0.39, 0.29) is 6.61 Å². The van der Waals surface area contributed by atoms with Crippen LogP contribution in [0.15, 0.2) is 0 Å². The van der Waals surface area contributed by atoms with Crippen molar-refractivity contribution in [1.82, 2.24) is 0 Å². The summed E-state index contributed by atoms with van der Waals surface area (Å²) < 4.78 is 0. The van der Waals surface area contributed by atoms with E-state index in [0.717, 1.165) is 25.7 Å². The maximum atomic E-state index is 10.2. The Kier molecular flexibility index (Phi) is 3.93. The average molecular weight is 202 g/mol. The standard InChI is InChI=1S/C11H22O3/c1-2-4-10(13)5-3-6-11(14,9-10)7-8-12/h12-14H,2-9H2,1H3. The van der Waals surface area contributed by atoms with Crippen LogP contribution in [0, 0.1) is 0 Å². The SMILES string of the molecule is CCCC1(O)CCCC(O)(CCO)C1. The van der Waals surface area contributed by atoms with E-state index in [1.165, 1.54) is 0 Å². The minimum Gasteiger partial charge on any atom is -0.396 e. The molecule has 2 atom stereocenters. The molecule has 1 rings (SSSR count). The fraction of sp³-hybridized carbons (Fsp3) is 1.00. The monoisotopic (exact) mass is 202 g/mol. The molecule has 0 aromatic rings. The highest BCUT2D eigenvalue weighted by molar-refractivity contribution is 4.94. The molecule has 3 nitrogen and oxygen atoms in total. The first-order valence-corrected chi connectivity index (χ1v) is 5.59. The molecule has 0 amide bonds. The van der Waals surface area contributed by atoms with E-state index in [9.17, 15) is 10.2 Å². The van der Waals surface area contributed by atoms with Crippen molar-refractivity contribution < 1.29 is 15.3 Å². The zero-order valence-corrected chi connectivity index (χ0v) is 9.00. The topological polar surface area (TPSA) is 60.7 Å². The molecule has 3 heteroatoms. The third kappa shape index (κ3) is 2.94. The van der Waals surface area contributed by atoms with E-state index in [4.69, 9.17) is 5.11 Å². The van der Waals surface area contributed by atoms with Gasteiger partial charge < -0.3 is 15.3 Å². The third-order valence-corrected chi connectivity index (χ3v) is 3.23. The fourth-order valence-electron chi connectivity index (χ4n) is 2.64. The Bertz CT molecular complexity index is 157. The number of aliphatic hydroxyl groups is 3. The van der Waals surface area contributed by atoms with Crippen LogP contribution in [0.25, 0.3) is 0 Å². The summed E-state index contributed by atoms with van der Waals surface area (Å²) >= 11 is 0. The van der Waals surface area contributed by atoms with Crippen LogP contribution in [0.3, 0.4) is 0 Å². The summed E-state index contributed by atoms with van der Waals surface area (Å²) in [5, 5.41) is 29.1. The van der Waals surface area contributed by atoms with Crippen LogP contribution < -0.4 is 0 Å². The van der Waals surface area contributed by atoms with Crippen LogP contribution in [0.4, 0.5) is 0 Å². The molecule has 0 aromatic heterocycles. The summed E-state index contributed by atoms with van der Waals surface area (Å²) in [7, 11) is 0. The molecule has 1 saturated carbocycles. The zero-order valence-electron chi connectivity index (χ0n) is 9.00. The van der Waals surface area contributed by atoms with Gasteiger partial charge in [-0.05, 0) is 32.1 Å². The molecule has 0 bridgehead atoms. The zero-order chi connectivity index (χ0) is 10.7. The van der Waals surface area contributed by atoms with E-state index in [1.807, 2.05) is 6.92 Å². The molecule has 0 heterocycles. The van der Waals surface area contributed by atoms with Gasteiger partial charge in [-0.25, -0.2) is 0 Å². The van der Waals surface area contributed by atoms with Gasteiger partial charge in [-0.1, -0.05) is 13.3 Å². The molecule has 0 aliphatic heterocycles. The molecule has 3 N–H and O–H groups in total. The molecule has 0 radical (unpaired) electrons. The largest absolute Gasteiger partial charge is 0.396 e. The van der Waals surface area contributed by atoms with Crippen LogP contribution in [-0.2, 0) is 0 Å². The average Bonchev–Trinajstić information content (AvgIpc) is 2.02. The first-order chi connectivity index (χ1) is 6.54. The molecule has 1 aliphatic rings. The summed E-state index contributed by atoms with van der Waals surface area (Å²) in [5.41, 5.74) is -1.53.